The third-order valence-corrected chi connectivity index (χ3v) is 5.91. The maximum Gasteiger partial charge on any atom is 0.435 e. The monoisotopic (exact) mass is 583 g/mol. The van der Waals surface area contributed by atoms with Crippen molar-refractivity contribution < 1.29 is 53.1 Å². The number of alkyl halides is 10. The molecule has 0 unspecified atom stereocenters. The summed E-state index contributed by atoms with van der Waals surface area (Å²) in [5.74, 6) is -2.77. The average Bonchev–Trinajstić information content (AvgIpc) is 3.53. The number of anilines is 1. The molecule has 0 N–H and O–H groups in total. The second-order valence-corrected chi connectivity index (χ2v) is 8.70. The molecule has 1 aliphatic carbocycles. The van der Waals surface area contributed by atoms with E-state index in [4.69, 9.17) is 0 Å². The van der Waals surface area contributed by atoms with Gasteiger partial charge in [-0.15, -0.1) is 0 Å². The zero-order valence-electron chi connectivity index (χ0n) is 17.1. The van der Waals surface area contributed by atoms with E-state index in [2.05, 4.69) is 15.9 Å². The lowest BCUT2D eigenvalue weighted by Crippen LogP contribution is -2.50. The highest BCUT2D eigenvalue weighted by Crippen LogP contribution is 2.55. The standard InChI is InChI=1S/C21H13BrF11NO/c22-14-8-11(18(24,20(28,29)30)21(31,32)33)7-13(19(25,26)27)16(14)34(9-10-5-6-10)17(35)12-3-1-2-4-15(12)23/h1-4,7-8,10H,5-6,9H2. The lowest BCUT2D eigenvalue weighted by molar-refractivity contribution is -0.348. The second kappa shape index (κ2) is 8.93. The molecule has 2 aromatic rings. The topological polar surface area (TPSA) is 20.3 Å². The van der Waals surface area contributed by atoms with Crippen LogP contribution in [0.5, 0.6) is 0 Å². The molecule has 1 aliphatic rings. The number of nitrogens with zero attached hydrogens (tertiary/aromatic N) is 1. The summed E-state index contributed by atoms with van der Waals surface area (Å²) in [7, 11) is 0. The van der Waals surface area contributed by atoms with Crippen LogP contribution in [0.3, 0.4) is 0 Å². The first-order chi connectivity index (χ1) is 15.9. The van der Waals surface area contributed by atoms with Crippen LogP contribution in [0.25, 0.3) is 0 Å². The van der Waals surface area contributed by atoms with Crippen LogP contribution in [0.2, 0.25) is 0 Å². The third kappa shape index (κ3) is 5.12. The zero-order valence-corrected chi connectivity index (χ0v) is 18.6. The Kier molecular flexibility index (Phi) is 6.94. The van der Waals surface area contributed by atoms with Crippen molar-refractivity contribution in [3.63, 3.8) is 0 Å². The highest BCUT2D eigenvalue weighted by molar-refractivity contribution is 9.10. The van der Waals surface area contributed by atoms with Gasteiger partial charge in [-0.2, -0.15) is 39.5 Å². The molecule has 0 saturated heterocycles. The molecular formula is C21H13BrF11NO. The molecular weight excluding hydrogens is 571 g/mol. The lowest BCUT2D eigenvalue weighted by atomic mass is 9.91. The number of rotatable bonds is 5. The van der Waals surface area contributed by atoms with E-state index >= 15 is 0 Å². The predicted molar refractivity (Wildman–Crippen MR) is 105 cm³/mol. The molecule has 1 amide bonds. The smallest absolute Gasteiger partial charge is 0.306 e. The normalized spacial score (nSPS) is 15.3. The molecule has 35 heavy (non-hydrogen) atoms. The minimum absolute atomic E-state index is 0.111. The molecule has 2 aromatic carbocycles. The van der Waals surface area contributed by atoms with Crippen LogP contribution in [0, 0.1) is 11.7 Å². The molecule has 3 rings (SSSR count). The van der Waals surface area contributed by atoms with E-state index in [-0.39, 0.29) is 12.0 Å². The summed E-state index contributed by atoms with van der Waals surface area (Å²) in [5.41, 5.74) is -12.5. The Morgan fingerprint density at radius 1 is 0.914 bits per heavy atom. The summed E-state index contributed by atoms with van der Waals surface area (Å²) in [6.45, 7) is -0.437. The summed E-state index contributed by atoms with van der Waals surface area (Å²) in [4.78, 5) is 13.4. The van der Waals surface area contributed by atoms with E-state index in [0.29, 0.717) is 17.7 Å². The fourth-order valence-corrected chi connectivity index (χ4v) is 4.07. The van der Waals surface area contributed by atoms with Crippen LogP contribution >= 0.6 is 15.9 Å². The van der Waals surface area contributed by atoms with Crippen molar-refractivity contribution in [3.05, 3.63) is 63.4 Å². The maximum absolute atomic E-state index is 14.5. The van der Waals surface area contributed by atoms with Crippen molar-refractivity contribution in [1.82, 2.24) is 0 Å². The van der Waals surface area contributed by atoms with Gasteiger partial charge in [0.15, 0.2) is 0 Å². The average molecular weight is 584 g/mol. The number of benzene rings is 2. The van der Waals surface area contributed by atoms with Gasteiger partial charge in [0.1, 0.15) is 5.82 Å². The molecule has 0 atom stereocenters. The molecule has 0 radical (unpaired) electrons. The molecule has 1 saturated carbocycles. The van der Waals surface area contributed by atoms with Gasteiger partial charge in [0.25, 0.3) is 5.91 Å². The van der Waals surface area contributed by atoms with Crippen LogP contribution in [0.15, 0.2) is 40.9 Å². The van der Waals surface area contributed by atoms with Crippen molar-refractivity contribution in [2.75, 3.05) is 11.4 Å². The Labute approximate surface area is 198 Å². The summed E-state index contributed by atoms with van der Waals surface area (Å²) in [6, 6.07) is 3.45. The molecule has 0 bridgehead atoms. The second-order valence-electron chi connectivity index (χ2n) is 7.84. The van der Waals surface area contributed by atoms with Crippen molar-refractivity contribution >= 4 is 27.5 Å². The number of halogens is 12. The highest BCUT2D eigenvalue weighted by Gasteiger charge is 2.73. The first-order valence-corrected chi connectivity index (χ1v) is 10.5. The Balaban J connectivity index is 2.29. The van der Waals surface area contributed by atoms with Gasteiger partial charge in [0, 0.05) is 16.6 Å². The maximum atomic E-state index is 14.5. The van der Waals surface area contributed by atoms with Crippen LogP contribution in [-0.4, -0.2) is 24.8 Å². The molecule has 0 aromatic heterocycles. The fourth-order valence-electron chi connectivity index (χ4n) is 3.39. The van der Waals surface area contributed by atoms with Crippen LogP contribution in [0.4, 0.5) is 54.0 Å². The van der Waals surface area contributed by atoms with E-state index in [1.807, 2.05) is 0 Å². The molecule has 0 aliphatic heterocycles. The Bertz CT molecular complexity index is 1110. The summed E-state index contributed by atoms with van der Waals surface area (Å²) in [6.07, 6.45) is -18.0. The van der Waals surface area contributed by atoms with Gasteiger partial charge in [-0.05, 0) is 59.0 Å². The molecule has 0 spiro atoms. The Hall–Kier alpha value is -2.38. The first kappa shape index (κ1) is 27.2. The number of carbonyl (C=O) groups excluding carboxylic acids is 1. The van der Waals surface area contributed by atoms with E-state index in [1.54, 1.807) is 0 Å². The first-order valence-electron chi connectivity index (χ1n) is 9.69. The van der Waals surface area contributed by atoms with Crippen LogP contribution in [0.1, 0.15) is 34.3 Å². The Morgan fingerprint density at radius 3 is 1.91 bits per heavy atom. The number of carbonyl (C=O) groups is 1. The minimum atomic E-state index is -6.66. The minimum Gasteiger partial charge on any atom is -0.306 e. The van der Waals surface area contributed by atoms with Gasteiger partial charge in [0.05, 0.1) is 16.8 Å². The SMILES string of the molecule is O=C(c1ccccc1F)N(CC1CC1)c1c(Br)cc(C(F)(C(F)(F)F)C(F)(F)F)cc1C(F)(F)F. The van der Waals surface area contributed by atoms with Crippen molar-refractivity contribution in [2.45, 2.75) is 37.0 Å². The van der Waals surface area contributed by atoms with Crippen molar-refractivity contribution in [3.8, 4) is 0 Å². The van der Waals surface area contributed by atoms with Gasteiger partial charge in [-0.1, -0.05) is 12.1 Å². The largest absolute Gasteiger partial charge is 0.435 e. The summed E-state index contributed by atoms with van der Waals surface area (Å²) < 4.78 is 149. The lowest BCUT2D eigenvalue weighted by Gasteiger charge is -2.33. The summed E-state index contributed by atoms with van der Waals surface area (Å²) in [5, 5.41) is 0. The number of amides is 1. The van der Waals surface area contributed by atoms with Crippen LogP contribution < -0.4 is 4.90 Å². The molecule has 192 valence electrons. The third-order valence-electron chi connectivity index (χ3n) is 5.30. The van der Waals surface area contributed by atoms with Crippen molar-refractivity contribution in [2.24, 2.45) is 5.92 Å². The van der Waals surface area contributed by atoms with Crippen molar-refractivity contribution in [1.29, 1.82) is 0 Å². The number of hydrogen-bond acceptors (Lipinski definition) is 1. The molecule has 2 nitrogen and oxygen atoms in total. The quantitative estimate of drug-likeness (QED) is 0.327. The van der Waals surface area contributed by atoms with E-state index in [9.17, 15) is 53.1 Å². The predicted octanol–water partition coefficient (Wildman–Crippen LogP) is 7.95. The van der Waals surface area contributed by atoms with Crippen LogP contribution in [-0.2, 0) is 11.8 Å². The molecule has 0 heterocycles. The fraction of sp³-hybridized carbons (Fsp3) is 0.381. The van der Waals surface area contributed by atoms with Gasteiger partial charge < -0.3 is 4.90 Å². The highest BCUT2D eigenvalue weighted by atomic mass is 79.9. The zero-order chi connectivity index (χ0) is 26.6. The van der Waals surface area contributed by atoms with Gasteiger partial charge >= 0.3 is 24.2 Å². The number of hydrogen-bond donors (Lipinski definition) is 0. The summed E-state index contributed by atoms with van der Waals surface area (Å²) >= 11 is 2.50. The van der Waals surface area contributed by atoms with E-state index < -0.39 is 75.4 Å². The molecule has 1 fully saturated rings. The van der Waals surface area contributed by atoms with Gasteiger partial charge in [-0.25, -0.2) is 8.78 Å². The van der Waals surface area contributed by atoms with Gasteiger partial charge in [-0.3, -0.25) is 4.79 Å². The molecule has 14 heteroatoms. The van der Waals surface area contributed by atoms with E-state index in [1.165, 1.54) is 12.1 Å². The van der Waals surface area contributed by atoms with Gasteiger partial charge in [0.2, 0.25) is 0 Å². The van der Waals surface area contributed by atoms with E-state index in [0.717, 1.165) is 12.1 Å². The Morgan fingerprint density at radius 2 is 1.46 bits per heavy atom.